The van der Waals surface area contributed by atoms with Gasteiger partial charge in [-0.15, -0.1) is 0 Å². The van der Waals surface area contributed by atoms with Gasteiger partial charge in [0.25, 0.3) is 0 Å². The van der Waals surface area contributed by atoms with Gasteiger partial charge in [-0.25, -0.2) is 19.7 Å². The Morgan fingerprint density at radius 2 is 2.25 bits per heavy atom. The molecule has 0 saturated heterocycles. The average molecular weight is 277 g/mol. The summed E-state index contributed by atoms with van der Waals surface area (Å²) in [6, 6.07) is 0. The van der Waals surface area contributed by atoms with E-state index in [0.717, 1.165) is 6.20 Å². The van der Waals surface area contributed by atoms with Gasteiger partial charge < -0.3 is 15.2 Å². The van der Waals surface area contributed by atoms with Gasteiger partial charge in [0.2, 0.25) is 0 Å². The number of rotatable bonds is 5. The molecule has 0 aliphatic rings. The second kappa shape index (κ2) is 6.11. The Balaban J connectivity index is 2.51. The van der Waals surface area contributed by atoms with E-state index in [0.29, 0.717) is 23.6 Å². The van der Waals surface area contributed by atoms with Crippen LogP contribution in [0.3, 0.4) is 0 Å². The molecule has 20 heavy (non-hydrogen) atoms. The largest absolute Gasteiger partial charge is 0.462 e. The molecule has 2 heterocycles. The van der Waals surface area contributed by atoms with Crippen molar-refractivity contribution in [1.29, 1.82) is 0 Å². The maximum Gasteiger partial charge on any atom is 0.341 e. The highest BCUT2D eigenvalue weighted by Gasteiger charge is 2.19. The van der Waals surface area contributed by atoms with E-state index in [1.807, 2.05) is 0 Å². The molecule has 2 aromatic rings. The molecular weight excluding hydrogens is 262 g/mol. The number of carbonyl (C=O) groups is 1. The minimum absolute atomic E-state index is 0.155. The average Bonchev–Trinajstić information content (AvgIpc) is 2.85. The lowest BCUT2D eigenvalue weighted by molar-refractivity contribution is -0.136. The summed E-state index contributed by atoms with van der Waals surface area (Å²) in [6.07, 6.45) is 4.06. The van der Waals surface area contributed by atoms with Gasteiger partial charge in [0.15, 0.2) is 5.65 Å². The number of aromatic nitrogens is 4. The standard InChI is InChI=1S/C12H15N5O3/c1-3-20-12(18)8(4-13)9-10-11(15-5-14-9)17(6-16-10)7-19-2/h4-6H,3,7,13H2,1-2H3/b8-4+. The zero-order valence-electron chi connectivity index (χ0n) is 11.2. The lowest BCUT2D eigenvalue weighted by Gasteiger charge is -2.06. The van der Waals surface area contributed by atoms with E-state index in [1.165, 1.54) is 6.33 Å². The van der Waals surface area contributed by atoms with Gasteiger partial charge in [-0.2, -0.15) is 0 Å². The third-order valence-corrected chi connectivity index (χ3v) is 2.59. The number of methoxy groups -OCH3 is 1. The molecule has 0 spiro atoms. The summed E-state index contributed by atoms with van der Waals surface area (Å²) in [5.41, 5.74) is 7.03. The molecule has 0 amide bonds. The molecule has 2 aromatic heterocycles. The Bertz CT molecular complexity index is 650. The van der Waals surface area contributed by atoms with E-state index in [1.54, 1.807) is 24.9 Å². The first kappa shape index (κ1) is 13.9. The smallest absolute Gasteiger partial charge is 0.341 e. The summed E-state index contributed by atoms with van der Waals surface area (Å²) in [6.45, 7) is 2.27. The number of carbonyl (C=O) groups excluding carboxylic acids is 1. The molecule has 2 rings (SSSR count). The Morgan fingerprint density at radius 3 is 2.90 bits per heavy atom. The highest BCUT2D eigenvalue weighted by atomic mass is 16.5. The Kier molecular flexibility index (Phi) is 4.26. The van der Waals surface area contributed by atoms with Crippen LogP contribution in [0.15, 0.2) is 18.9 Å². The van der Waals surface area contributed by atoms with E-state index in [9.17, 15) is 4.79 Å². The van der Waals surface area contributed by atoms with Crippen LogP contribution in [0.4, 0.5) is 0 Å². The zero-order valence-corrected chi connectivity index (χ0v) is 11.2. The van der Waals surface area contributed by atoms with Crippen molar-refractivity contribution in [3.63, 3.8) is 0 Å². The van der Waals surface area contributed by atoms with Crippen LogP contribution in [0.1, 0.15) is 12.6 Å². The molecule has 106 valence electrons. The van der Waals surface area contributed by atoms with Crippen LogP contribution in [-0.2, 0) is 21.0 Å². The maximum atomic E-state index is 11.9. The predicted molar refractivity (Wildman–Crippen MR) is 71.1 cm³/mol. The normalized spacial score (nSPS) is 11.8. The molecule has 8 heteroatoms. The van der Waals surface area contributed by atoms with Crippen molar-refractivity contribution in [1.82, 2.24) is 19.5 Å². The minimum atomic E-state index is -0.545. The first-order valence-electron chi connectivity index (χ1n) is 5.97. The predicted octanol–water partition coefficient (Wildman–Crippen LogP) is 0.293. The van der Waals surface area contributed by atoms with Crippen molar-refractivity contribution >= 4 is 22.7 Å². The number of imidazole rings is 1. The van der Waals surface area contributed by atoms with Crippen LogP contribution in [0.25, 0.3) is 16.7 Å². The molecule has 0 aliphatic carbocycles. The second-order valence-electron chi connectivity index (χ2n) is 3.83. The lowest BCUT2D eigenvalue weighted by atomic mass is 10.2. The van der Waals surface area contributed by atoms with E-state index in [2.05, 4.69) is 15.0 Å². The number of fused-ring (bicyclic) bond motifs is 1. The van der Waals surface area contributed by atoms with Crippen LogP contribution < -0.4 is 5.73 Å². The van der Waals surface area contributed by atoms with Gasteiger partial charge in [0.05, 0.1) is 12.9 Å². The fourth-order valence-electron chi connectivity index (χ4n) is 1.76. The van der Waals surface area contributed by atoms with Gasteiger partial charge in [-0.05, 0) is 6.92 Å². The van der Waals surface area contributed by atoms with Gasteiger partial charge in [-0.1, -0.05) is 0 Å². The summed E-state index contributed by atoms with van der Waals surface area (Å²) >= 11 is 0. The summed E-state index contributed by atoms with van der Waals surface area (Å²) in [7, 11) is 1.57. The highest BCUT2D eigenvalue weighted by Crippen LogP contribution is 2.20. The van der Waals surface area contributed by atoms with E-state index >= 15 is 0 Å². The van der Waals surface area contributed by atoms with Crippen molar-refractivity contribution in [3.05, 3.63) is 24.5 Å². The first-order valence-corrected chi connectivity index (χ1v) is 5.97. The molecule has 0 aromatic carbocycles. The summed E-state index contributed by atoms with van der Waals surface area (Å²) in [5, 5.41) is 0. The monoisotopic (exact) mass is 277 g/mol. The van der Waals surface area contributed by atoms with Crippen molar-refractivity contribution in [3.8, 4) is 0 Å². The van der Waals surface area contributed by atoms with Gasteiger partial charge >= 0.3 is 5.97 Å². The van der Waals surface area contributed by atoms with Crippen LogP contribution in [0.2, 0.25) is 0 Å². The summed E-state index contributed by atoms with van der Waals surface area (Å²) < 4.78 is 11.7. The van der Waals surface area contributed by atoms with Crippen molar-refractivity contribution in [2.24, 2.45) is 5.73 Å². The SMILES string of the molecule is CCOC(=O)/C(=C/N)c1ncnc2c1ncn2COC. The summed E-state index contributed by atoms with van der Waals surface area (Å²) in [5.74, 6) is -0.545. The molecule has 0 aliphatic heterocycles. The number of nitrogens with two attached hydrogens (primary N) is 1. The van der Waals surface area contributed by atoms with Gasteiger partial charge in [0, 0.05) is 13.3 Å². The molecule has 8 nitrogen and oxygen atoms in total. The van der Waals surface area contributed by atoms with Gasteiger partial charge in [0.1, 0.15) is 29.8 Å². The third kappa shape index (κ3) is 2.45. The molecular formula is C12H15N5O3. The van der Waals surface area contributed by atoms with E-state index < -0.39 is 5.97 Å². The second-order valence-corrected chi connectivity index (χ2v) is 3.83. The Labute approximate surface area is 115 Å². The molecule has 2 N–H and O–H groups in total. The number of esters is 1. The first-order chi connectivity index (χ1) is 9.72. The fraction of sp³-hybridized carbons (Fsp3) is 0.333. The molecule has 0 radical (unpaired) electrons. The van der Waals surface area contributed by atoms with Gasteiger partial charge in [-0.3, -0.25) is 4.57 Å². The molecule has 0 unspecified atom stereocenters. The maximum absolute atomic E-state index is 11.9. The topological polar surface area (TPSA) is 105 Å². The van der Waals surface area contributed by atoms with E-state index in [-0.39, 0.29) is 12.2 Å². The number of hydrogen-bond acceptors (Lipinski definition) is 7. The Morgan fingerprint density at radius 1 is 1.45 bits per heavy atom. The zero-order chi connectivity index (χ0) is 14.5. The highest BCUT2D eigenvalue weighted by molar-refractivity contribution is 6.18. The molecule has 0 fully saturated rings. The quantitative estimate of drug-likeness (QED) is 0.618. The van der Waals surface area contributed by atoms with Crippen LogP contribution >= 0.6 is 0 Å². The molecule has 0 atom stereocenters. The van der Waals surface area contributed by atoms with Crippen LogP contribution in [0.5, 0.6) is 0 Å². The van der Waals surface area contributed by atoms with Crippen LogP contribution in [0, 0.1) is 0 Å². The van der Waals surface area contributed by atoms with Crippen LogP contribution in [-0.4, -0.2) is 39.2 Å². The minimum Gasteiger partial charge on any atom is -0.462 e. The van der Waals surface area contributed by atoms with Crippen molar-refractivity contribution < 1.29 is 14.3 Å². The number of hydrogen-bond donors (Lipinski definition) is 1. The molecule has 0 bridgehead atoms. The Hall–Kier alpha value is -2.48. The third-order valence-electron chi connectivity index (χ3n) is 2.59. The molecule has 0 saturated carbocycles. The number of nitrogens with zero attached hydrogens (tertiary/aromatic N) is 4. The van der Waals surface area contributed by atoms with Crippen molar-refractivity contribution in [2.75, 3.05) is 13.7 Å². The van der Waals surface area contributed by atoms with Crippen molar-refractivity contribution in [2.45, 2.75) is 13.7 Å². The van der Waals surface area contributed by atoms with E-state index in [4.69, 9.17) is 15.2 Å². The number of ether oxygens (including phenoxy) is 2. The fourth-order valence-corrected chi connectivity index (χ4v) is 1.76. The summed E-state index contributed by atoms with van der Waals surface area (Å²) in [4.78, 5) is 24.3. The lowest BCUT2D eigenvalue weighted by Crippen LogP contribution is -2.10.